The second-order valence-electron chi connectivity index (χ2n) is 4.04. The highest BCUT2D eigenvalue weighted by Crippen LogP contribution is 2.21. The van der Waals surface area contributed by atoms with Gasteiger partial charge in [0.1, 0.15) is 11.4 Å². The number of ether oxygens (including phenoxy) is 1. The fourth-order valence-corrected chi connectivity index (χ4v) is 1.64. The average Bonchev–Trinajstić information content (AvgIpc) is 2.46. The number of aromatic nitrogens is 1. The van der Waals surface area contributed by atoms with Crippen molar-refractivity contribution in [2.75, 3.05) is 24.8 Å². The lowest BCUT2D eigenvalue weighted by atomic mass is 10.2. The van der Waals surface area contributed by atoms with Gasteiger partial charge in [-0.2, -0.15) is 0 Å². The lowest BCUT2D eigenvalue weighted by Crippen LogP contribution is -2.27. The first-order valence-corrected chi connectivity index (χ1v) is 5.75. The second-order valence-corrected chi connectivity index (χ2v) is 4.04. The molecule has 0 atom stereocenters. The molecule has 0 bridgehead atoms. The number of carbonyl (C=O) groups is 1. The number of hydrogen-bond acceptors (Lipinski definition) is 4. The van der Waals surface area contributed by atoms with E-state index in [1.165, 1.54) is 11.1 Å². The Labute approximate surface area is 111 Å². The number of methoxy groups -OCH3 is 1. The van der Waals surface area contributed by atoms with Crippen molar-refractivity contribution >= 4 is 17.3 Å². The number of nitrogens with two attached hydrogens (primary N) is 1. The minimum atomic E-state index is -0.201. The van der Waals surface area contributed by atoms with Gasteiger partial charge in [0.2, 0.25) is 0 Å². The van der Waals surface area contributed by atoms with Crippen LogP contribution in [0.5, 0.6) is 5.75 Å². The molecule has 0 saturated heterocycles. The fraction of sp³-hybridized carbons (Fsp3) is 0.143. The van der Waals surface area contributed by atoms with Crippen molar-refractivity contribution in [3.8, 4) is 5.75 Å². The highest BCUT2D eigenvalue weighted by atomic mass is 16.5. The summed E-state index contributed by atoms with van der Waals surface area (Å²) >= 11 is 0. The van der Waals surface area contributed by atoms with Gasteiger partial charge in [0.25, 0.3) is 5.91 Å². The number of carbonyl (C=O) groups excluding carboxylic acids is 1. The number of nitrogen functional groups attached to an aromatic ring is 1. The van der Waals surface area contributed by atoms with Gasteiger partial charge in [0, 0.05) is 18.8 Å². The summed E-state index contributed by atoms with van der Waals surface area (Å²) in [7, 11) is 3.28. The lowest BCUT2D eigenvalue weighted by Gasteiger charge is -2.17. The standard InChI is InChI=1S/C14H15N3O2/c1-17(11-4-3-5-12(8-11)19-2)14(18)13-7-6-10(15)9-16-13/h3-9H,15H2,1-2H3. The number of hydrogen-bond donors (Lipinski definition) is 1. The molecule has 1 amide bonds. The molecule has 2 aromatic rings. The van der Waals surface area contributed by atoms with Crippen molar-refractivity contribution in [2.24, 2.45) is 0 Å². The molecular weight excluding hydrogens is 242 g/mol. The highest BCUT2D eigenvalue weighted by molar-refractivity contribution is 6.04. The summed E-state index contributed by atoms with van der Waals surface area (Å²) in [6.07, 6.45) is 1.46. The molecule has 0 aliphatic carbocycles. The van der Waals surface area contributed by atoms with Crippen LogP contribution in [-0.4, -0.2) is 25.0 Å². The zero-order valence-corrected chi connectivity index (χ0v) is 10.8. The summed E-state index contributed by atoms with van der Waals surface area (Å²) < 4.78 is 5.14. The van der Waals surface area contributed by atoms with E-state index in [1.54, 1.807) is 32.4 Å². The predicted octanol–water partition coefficient (Wildman–Crippen LogP) is 1.95. The summed E-state index contributed by atoms with van der Waals surface area (Å²) in [6, 6.07) is 10.5. The zero-order valence-electron chi connectivity index (χ0n) is 10.8. The minimum absolute atomic E-state index is 0.201. The van der Waals surface area contributed by atoms with Crippen LogP contribution in [0.4, 0.5) is 11.4 Å². The van der Waals surface area contributed by atoms with Crippen LogP contribution in [-0.2, 0) is 0 Å². The van der Waals surface area contributed by atoms with E-state index in [9.17, 15) is 4.79 Å². The molecule has 1 heterocycles. The minimum Gasteiger partial charge on any atom is -0.497 e. The largest absolute Gasteiger partial charge is 0.497 e. The molecular formula is C14H15N3O2. The van der Waals surface area contributed by atoms with Crippen molar-refractivity contribution in [1.29, 1.82) is 0 Å². The van der Waals surface area contributed by atoms with Crippen LogP contribution in [0, 0.1) is 0 Å². The van der Waals surface area contributed by atoms with Crippen molar-refractivity contribution < 1.29 is 9.53 Å². The average molecular weight is 257 g/mol. The zero-order chi connectivity index (χ0) is 13.8. The monoisotopic (exact) mass is 257 g/mol. The Morgan fingerprint density at radius 2 is 2.11 bits per heavy atom. The smallest absolute Gasteiger partial charge is 0.276 e. The van der Waals surface area contributed by atoms with E-state index >= 15 is 0 Å². The Morgan fingerprint density at radius 3 is 2.74 bits per heavy atom. The number of pyridine rings is 1. The summed E-state index contributed by atoms with van der Waals surface area (Å²) in [5, 5.41) is 0. The summed E-state index contributed by atoms with van der Waals surface area (Å²) in [5.41, 5.74) is 7.16. The van der Waals surface area contributed by atoms with Crippen LogP contribution >= 0.6 is 0 Å². The maximum atomic E-state index is 12.2. The lowest BCUT2D eigenvalue weighted by molar-refractivity contribution is 0.0988. The number of benzene rings is 1. The van der Waals surface area contributed by atoms with Crippen LogP contribution in [0.2, 0.25) is 0 Å². The molecule has 0 radical (unpaired) electrons. The quantitative estimate of drug-likeness (QED) is 0.912. The second kappa shape index (κ2) is 5.39. The number of nitrogens with zero attached hydrogens (tertiary/aromatic N) is 2. The maximum absolute atomic E-state index is 12.2. The topological polar surface area (TPSA) is 68.5 Å². The van der Waals surface area contributed by atoms with Gasteiger partial charge >= 0.3 is 0 Å². The predicted molar refractivity (Wildman–Crippen MR) is 74.4 cm³/mol. The molecule has 1 aromatic carbocycles. The summed E-state index contributed by atoms with van der Waals surface area (Å²) in [5.74, 6) is 0.496. The van der Waals surface area contributed by atoms with Crippen LogP contribution in [0.3, 0.4) is 0 Å². The first-order chi connectivity index (χ1) is 9.11. The maximum Gasteiger partial charge on any atom is 0.276 e. The van der Waals surface area contributed by atoms with E-state index in [0.717, 1.165) is 5.69 Å². The van der Waals surface area contributed by atoms with Gasteiger partial charge in [0.15, 0.2) is 0 Å². The van der Waals surface area contributed by atoms with E-state index in [-0.39, 0.29) is 5.91 Å². The van der Waals surface area contributed by atoms with Crippen LogP contribution < -0.4 is 15.4 Å². The van der Waals surface area contributed by atoms with E-state index in [1.807, 2.05) is 18.2 Å². The first-order valence-electron chi connectivity index (χ1n) is 5.75. The third-order valence-electron chi connectivity index (χ3n) is 2.75. The Kier molecular flexibility index (Phi) is 3.66. The number of anilines is 2. The molecule has 0 spiro atoms. The van der Waals surface area contributed by atoms with Gasteiger partial charge in [0.05, 0.1) is 19.0 Å². The van der Waals surface area contributed by atoms with Crippen LogP contribution in [0.1, 0.15) is 10.5 Å². The Hall–Kier alpha value is -2.56. The molecule has 0 aliphatic rings. The van der Waals surface area contributed by atoms with Crippen LogP contribution in [0.15, 0.2) is 42.6 Å². The normalized spacial score (nSPS) is 10.0. The molecule has 2 rings (SSSR count). The van der Waals surface area contributed by atoms with Gasteiger partial charge in [-0.3, -0.25) is 4.79 Å². The highest BCUT2D eigenvalue weighted by Gasteiger charge is 2.14. The number of amides is 1. The number of rotatable bonds is 3. The van der Waals surface area contributed by atoms with Gasteiger partial charge in [-0.25, -0.2) is 4.98 Å². The molecule has 19 heavy (non-hydrogen) atoms. The molecule has 1 aromatic heterocycles. The van der Waals surface area contributed by atoms with E-state index in [4.69, 9.17) is 10.5 Å². The third kappa shape index (κ3) is 2.82. The summed E-state index contributed by atoms with van der Waals surface area (Å²) in [4.78, 5) is 17.8. The SMILES string of the molecule is COc1cccc(N(C)C(=O)c2ccc(N)cn2)c1. The first kappa shape index (κ1) is 12.9. The molecule has 2 N–H and O–H groups in total. The van der Waals surface area contributed by atoms with Crippen molar-refractivity contribution in [2.45, 2.75) is 0 Å². The van der Waals surface area contributed by atoms with E-state index in [2.05, 4.69) is 4.98 Å². The van der Waals surface area contributed by atoms with Crippen molar-refractivity contribution in [1.82, 2.24) is 4.98 Å². The Bertz CT molecular complexity index is 581. The Morgan fingerprint density at radius 1 is 1.32 bits per heavy atom. The van der Waals surface area contributed by atoms with Crippen LogP contribution in [0.25, 0.3) is 0 Å². The van der Waals surface area contributed by atoms with Crippen molar-refractivity contribution in [3.63, 3.8) is 0 Å². The van der Waals surface area contributed by atoms with Gasteiger partial charge in [-0.1, -0.05) is 6.07 Å². The molecule has 0 fully saturated rings. The molecule has 5 nitrogen and oxygen atoms in total. The Balaban J connectivity index is 2.25. The van der Waals surface area contributed by atoms with E-state index < -0.39 is 0 Å². The fourth-order valence-electron chi connectivity index (χ4n) is 1.64. The summed E-state index contributed by atoms with van der Waals surface area (Å²) in [6.45, 7) is 0. The van der Waals surface area contributed by atoms with Gasteiger partial charge < -0.3 is 15.4 Å². The van der Waals surface area contributed by atoms with E-state index in [0.29, 0.717) is 17.1 Å². The molecule has 0 aliphatic heterocycles. The molecule has 98 valence electrons. The van der Waals surface area contributed by atoms with Gasteiger partial charge in [-0.05, 0) is 24.3 Å². The molecule has 5 heteroatoms. The van der Waals surface area contributed by atoms with Gasteiger partial charge in [-0.15, -0.1) is 0 Å². The molecule has 0 unspecified atom stereocenters. The molecule has 0 saturated carbocycles. The van der Waals surface area contributed by atoms with Crippen molar-refractivity contribution in [3.05, 3.63) is 48.3 Å². The third-order valence-corrected chi connectivity index (χ3v) is 2.75.